The Balaban J connectivity index is 2.64. The Labute approximate surface area is 123 Å². The molecule has 0 saturated heterocycles. The molecule has 0 heterocycles. The standard InChI is InChI=1S/C15H22BrFO2/c1-14(2,3)18-9-10-19-15(4,11-16)12-7-5-6-8-13(12)17/h5-8H,9-11H2,1-4H3. The van der Waals surface area contributed by atoms with Crippen LogP contribution >= 0.6 is 15.9 Å². The molecular weight excluding hydrogens is 311 g/mol. The van der Waals surface area contributed by atoms with E-state index in [4.69, 9.17) is 9.47 Å². The fraction of sp³-hybridized carbons (Fsp3) is 0.600. The summed E-state index contributed by atoms with van der Waals surface area (Å²) in [6.45, 7) is 8.76. The van der Waals surface area contributed by atoms with Gasteiger partial charge in [-0.3, -0.25) is 0 Å². The van der Waals surface area contributed by atoms with Crippen molar-refractivity contribution in [2.24, 2.45) is 0 Å². The van der Waals surface area contributed by atoms with Crippen LogP contribution in [-0.2, 0) is 15.1 Å². The van der Waals surface area contributed by atoms with E-state index in [1.165, 1.54) is 6.07 Å². The third-order valence-electron chi connectivity index (χ3n) is 2.74. The van der Waals surface area contributed by atoms with E-state index >= 15 is 0 Å². The van der Waals surface area contributed by atoms with Crippen LogP contribution in [0, 0.1) is 5.82 Å². The first kappa shape index (κ1) is 16.6. The van der Waals surface area contributed by atoms with Crippen molar-refractivity contribution in [3.63, 3.8) is 0 Å². The second-order valence-corrected chi connectivity index (χ2v) is 6.21. The Morgan fingerprint density at radius 1 is 1.05 bits per heavy atom. The van der Waals surface area contributed by atoms with Gasteiger partial charge < -0.3 is 9.47 Å². The highest BCUT2D eigenvalue weighted by molar-refractivity contribution is 9.09. The predicted octanol–water partition coefficient (Wildman–Crippen LogP) is 4.27. The van der Waals surface area contributed by atoms with Crippen LogP contribution in [0.4, 0.5) is 4.39 Å². The number of alkyl halides is 1. The summed E-state index contributed by atoms with van der Waals surface area (Å²) in [5.41, 5.74) is -0.318. The largest absolute Gasteiger partial charge is 0.373 e. The molecule has 0 amide bonds. The Morgan fingerprint density at radius 3 is 2.16 bits per heavy atom. The van der Waals surface area contributed by atoms with Gasteiger partial charge in [0.2, 0.25) is 0 Å². The van der Waals surface area contributed by atoms with E-state index < -0.39 is 5.60 Å². The first-order valence-electron chi connectivity index (χ1n) is 6.37. The molecule has 0 N–H and O–H groups in total. The molecule has 0 aliphatic rings. The normalized spacial score (nSPS) is 15.3. The third kappa shape index (κ3) is 5.21. The van der Waals surface area contributed by atoms with Crippen LogP contribution in [0.2, 0.25) is 0 Å². The quantitative estimate of drug-likeness (QED) is 0.572. The van der Waals surface area contributed by atoms with Gasteiger partial charge in [0.05, 0.1) is 18.8 Å². The monoisotopic (exact) mass is 332 g/mol. The van der Waals surface area contributed by atoms with E-state index in [9.17, 15) is 4.39 Å². The molecule has 1 aromatic rings. The zero-order valence-corrected chi connectivity index (χ0v) is 13.6. The van der Waals surface area contributed by atoms with Crippen molar-refractivity contribution >= 4 is 15.9 Å². The van der Waals surface area contributed by atoms with E-state index in [0.29, 0.717) is 24.1 Å². The van der Waals surface area contributed by atoms with Gasteiger partial charge in [-0.2, -0.15) is 0 Å². The molecule has 19 heavy (non-hydrogen) atoms. The summed E-state index contributed by atoms with van der Waals surface area (Å²) < 4.78 is 25.3. The maximum Gasteiger partial charge on any atom is 0.129 e. The summed E-state index contributed by atoms with van der Waals surface area (Å²) >= 11 is 3.40. The van der Waals surface area contributed by atoms with Gasteiger partial charge in [-0.25, -0.2) is 4.39 Å². The van der Waals surface area contributed by atoms with E-state index in [0.717, 1.165) is 0 Å². The zero-order valence-electron chi connectivity index (χ0n) is 12.0. The van der Waals surface area contributed by atoms with Gasteiger partial charge in [0, 0.05) is 10.9 Å². The number of hydrogen-bond donors (Lipinski definition) is 0. The first-order chi connectivity index (χ1) is 8.78. The van der Waals surface area contributed by atoms with E-state index in [1.54, 1.807) is 12.1 Å². The fourth-order valence-corrected chi connectivity index (χ4v) is 2.16. The third-order valence-corrected chi connectivity index (χ3v) is 3.81. The maximum atomic E-state index is 13.8. The number of halogens is 2. The Morgan fingerprint density at radius 2 is 1.63 bits per heavy atom. The van der Waals surface area contributed by atoms with Crippen molar-refractivity contribution in [2.75, 3.05) is 18.5 Å². The van der Waals surface area contributed by atoms with Crippen molar-refractivity contribution in [1.29, 1.82) is 0 Å². The Bertz CT molecular complexity index is 403. The van der Waals surface area contributed by atoms with Gasteiger partial charge >= 0.3 is 0 Å². The van der Waals surface area contributed by atoms with Crippen LogP contribution in [0.5, 0.6) is 0 Å². The predicted molar refractivity (Wildman–Crippen MR) is 79.2 cm³/mol. The van der Waals surface area contributed by atoms with Crippen LogP contribution < -0.4 is 0 Å². The molecule has 0 aliphatic carbocycles. The average molecular weight is 333 g/mol. The molecule has 1 rings (SSSR count). The lowest BCUT2D eigenvalue weighted by atomic mass is 9.97. The summed E-state index contributed by atoms with van der Waals surface area (Å²) in [5, 5.41) is 0.524. The molecule has 0 aromatic heterocycles. The first-order valence-corrected chi connectivity index (χ1v) is 7.49. The summed E-state index contributed by atoms with van der Waals surface area (Å²) in [6, 6.07) is 6.69. The van der Waals surface area contributed by atoms with Crippen molar-refractivity contribution in [1.82, 2.24) is 0 Å². The molecular formula is C15H22BrFO2. The van der Waals surface area contributed by atoms with Crippen LogP contribution in [0.1, 0.15) is 33.3 Å². The minimum atomic E-state index is -0.688. The molecule has 0 spiro atoms. The minimum Gasteiger partial charge on any atom is -0.373 e. The van der Waals surface area contributed by atoms with Gasteiger partial charge in [0.25, 0.3) is 0 Å². The zero-order chi connectivity index (χ0) is 14.5. The lowest BCUT2D eigenvalue weighted by Gasteiger charge is -2.29. The van der Waals surface area contributed by atoms with Crippen molar-refractivity contribution in [3.8, 4) is 0 Å². The van der Waals surface area contributed by atoms with Gasteiger partial charge in [-0.05, 0) is 33.8 Å². The van der Waals surface area contributed by atoms with Crippen LogP contribution in [0.25, 0.3) is 0 Å². The molecule has 1 aromatic carbocycles. The highest BCUT2D eigenvalue weighted by Gasteiger charge is 2.29. The summed E-state index contributed by atoms with van der Waals surface area (Å²) in [7, 11) is 0. The van der Waals surface area contributed by atoms with Crippen LogP contribution in [0.15, 0.2) is 24.3 Å². The van der Waals surface area contributed by atoms with E-state index in [2.05, 4.69) is 15.9 Å². The number of hydrogen-bond acceptors (Lipinski definition) is 2. The molecule has 0 bridgehead atoms. The number of rotatable bonds is 6. The van der Waals surface area contributed by atoms with Crippen molar-refractivity contribution < 1.29 is 13.9 Å². The average Bonchev–Trinajstić information content (AvgIpc) is 2.34. The smallest absolute Gasteiger partial charge is 0.129 e. The van der Waals surface area contributed by atoms with Gasteiger partial charge in [0.15, 0.2) is 0 Å². The highest BCUT2D eigenvalue weighted by Crippen LogP contribution is 2.29. The molecule has 2 nitrogen and oxygen atoms in total. The lowest BCUT2D eigenvalue weighted by Crippen LogP contribution is -2.32. The van der Waals surface area contributed by atoms with Gasteiger partial charge in [-0.15, -0.1) is 0 Å². The number of benzene rings is 1. The maximum absolute atomic E-state index is 13.8. The minimum absolute atomic E-state index is 0.188. The summed E-state index contributed by atoms with van der Waals surface area (Å²) in [4.78, 5) is 0. The van der Waals surface area contributed by atoms with Gasteiger partial charge in [0.1, 0.15) is 11.4 Å². The molecule has 1 unspecified atom stereocenters. The van der Waals surface area contributed by atoms with Gasteiger partial charge in [-0.1, -0.05) is 34.1 Å². The van der Waals surface area contributed by atoms with Crippen LogP contribution in [0.3, 0.4) is 0 Å². The number of ether oxygens (including phenoxy) is 2. The molecule has 0 radical (unpaired) electrons. The fourth-order valence-electron chi connectivity index (χ4n) is 1.69. The Hall–Kier alpha value is -0.450. The van der Waals surface area contributed by atoms with E-state index in [1.807, 2.05) is 33.8 Å². The molecule has 1 atom stereocenters. The second kappa shape index (κ2) is 6.82. The summed E-state index contributed by atoms with van der Waals surface area (Å²) in [6.07, 6.45) is 0. The van der Waals surface area contributed by atoms with E-state index in [-0.39, 0.29) is 11.4 Å². The summed E-state index contributed by atoms with van der Waals surface area (Å²) in [5.74, 6) is -0.249. The molecule has 0 saturated carbocycles. The molecule has 108 valence electrons. The molecule has 4 heteroatoms. The lowest BCUT2D eigenvalue weighted by molar-refractivity contribution is -0.0798. The van der Waals surface area contributed by atoms with Crippen molar-refractivity contribution in [2.45, 2.75) is 38.9 Å². The van der Waals surface area contributed by atoms with Crippen LogP contribution in [-0.4, -0.2) is 24.1 Å². The topological polar surface area (TPSA) is 18.5 Å². The molecule has 0 fully saturated rings. The van der Waals surface area contributed by atoms with Crippen molar-refractivity contribution in [3.05, 3.63) is 35.6 Å². The highest BCUT2D eigenvalue weighted by atomic mass is 79.9. The molecule has 0 aliphatic heterocycles. The SMILES string of the molecule is CC(C)(C)OCCOC(C)(CBr)c1ccccc1F. The Kier molecular flexibility index (Phi) is 5.96. The second-order valence-electron chi connectivity index (χ2n) is 5.65.